The molecule has 0 radical (unpaired) electrons. The number of hydrogen-bond donors (Lipinski definition) is 1. The van der Waals surface area contributed by atoms with E-state index in [1.165, 1.54) is 0 Å². The molecule has 3 rings (SSSR count). The van der Waals surface area contributed by atoms with Crippen LogP contribution in [0.3, 0.4) is 0 Å². The predicted molar refractivity (Wildman–Crippen MR) is 80.9 cm³/mol. The fourth-order valence-corrected chi connectivity index (χ4v) is 3.71. The molecule has 1 aliphatic rings. The van der Waals surface area contributed by atoms with Crippen molar-refractivity contribution in [2.75, 3.05) is 23.7 Å². The highest BCUT2D eigenvalue weighted by molar-refractivity contribution is 8.00. The third-order valence-corrected chi connectivity index (χ3v) is 4.74. The maximum Gasteiger partial charge on any atom is 0.356 e. The number of carboxylic acid groups (broad SMARTS) is 1. The molecular weight excluding hydrogens is 274 g/mol. The number of hydrogen-bond acceptors (Lipinski definition) is 4. The number of rotatable bonds is 2. The molecule has 20 heavy (non-hydrogen) atoms. The maximum absolute atomic E-state index is 11.6. The largest absolute Gasteiger partial charge is 0.476 e. The van der Waals surface area contributed by atoms with Crippen LogP contribution in [0.25, 0.3) is 5.65 Å². The van der Waals surface area contributed by atoms with Crippen molar-refractivity contribution in [3.05, 3.63) is 30.1 Å². The molecule has 2 aromatic heterocycles. The van der Waals surface area contributed by atoms with E-state index in [9.17, 15) is 9.90 Å². The van der Waals surface area contributed by atoms with Crippen LogP contribution < -0.4 is 4.90 Å². The summed E-state index contributed by atoms with van der Waals surface area (Å²) in [5.41, 5.74) is 0.930. The lowest BCUT2D eigenvalue weighted by atomic mass is 10.2. The molecule has 1 N–H and O–H groups in total. The Morgan fingerprint density at radius 1 is 1.45 bits per heavy atom. The van der Waals surface area contributed by atoms with Gasteiger partial charge in [0.1, 0.15) is 5.65 Å². The third kappa shape index (κ3) is 2.24. The maximum atomic E-state index is 11.6. The summed E-state index contributed by atoms with van der Waals surface area (Å²) in [6.45, 7) is 6.00. The molecule has 0 aromatic carbocycles. The van der Waals surface area contributed by atoms with Gasteiger partial charge in [-0.25, -0.2) is 9.78 Å². The van der Waals surface area contributed by atoms with Gasteiger partial charge in [-0.3, -0.25) is 4.40 Å². The minimum atomic E-state index is -0.935. The summed E-state index contributed by atoms with van der Waals surface area (Å²) in [5.74, 6) is 0.631. The van der Waals surface area contributed by atoms with Crippen molar-refractivity contribution < 1.29 is 9.90 Å². The molecule has 0 aliphatic carbocycles. The average molecular weight is 291 g/mol. The number of carboxylic acids is 1. The number of thioether (sulfide) groups is 1. The normalized spacial score (nSPS) is 18.4. The van der Waals surface area contributed by atoms with Crippen LogP contribution in [-0.2, 0) is 0 Å². The Morgan fingerprint density at radius 3 is 2.95 bits per heavy atom. The Kier molecular flexibility index (Phi) is 3.12. The molecule has 1 fully saturated rings. The molecule has 0 unspecified atom stereocenters. The van der Waals surface area contributed by atoms with Crippen molar-refractivity contribution in [1.29, 1.82) is 0 Å². The van der Waals surface area contributed by atoms with Gasteiger partial charge in [0.15, 0.2) is 11.5 Å². The summed E-state index contributed by atoms with van der Waals surface area (Å²) in [6.07, 6.45) is 1.75. The van der Waals surface area contributed by atoms with Gasteiger partial charge in [-0.2, -0.15) is 11.8 Å². The van der Waals surface area contributed by atoms with Gasteiger partial charge >= 0.3 is 5.97 Å². The summed E-state index contributed by atoms with van der Waals surface area (Å²) < 4.78 is 1.76. The molecular formula is C14H17N3O2S. The molecule has 0 amide bonds. The van der Waals surface area contributed by atoms with E-state index in [-0.39, 0.29) is 10.4 Å². The van der Waals surface area contributed by atoms with E-state index in [0.29, 0.717) is 11.5 Å². The van der Waals surface area contributed by atoms with Gasteiger partial charge in [-0.15, -0.1) is 0 Å². The zero-order valence-corrected chi connectivity index (χ0v) is 12.4. The second kappa shape index (κ2) is 4.70. The van der Waals surface area contributed by atoms with Crippen LogP contribution >= 0.6 is 11.8 Å². The number of anilines is 1. The quantitative estimate of drug-likeness (QED) is 0.920. The van der Waals surface area contributed by atoms with Crippen LogP contribution in [0, 0.1) is 0 Å². The van der Waals surface area contributed by atoms with Crippen LogP contribution in [0.5, 0.6) is 0 Å². The molecule has 2 aromatic rings. The lowest BCUT2D eigenvalue weighted by Gasteiger charge is -2.37. The number of pyridine rings is 1. The summed E-state index contributed by atoms with van der Waals surface area (Å²) in [5, 5.41) is 9.52. The van der Waals surface area contributed by atoms with Gasteiger partial charge in [0, 0.05) is 29.8 Å². The first-order valence-corrected chi connectivity index (χ1v) is 7.56. The summed E-state index contributed by atoms with van der Waals surface area (Å²) in [6, 6.07) is 5.52. The van der Waals surface area contributed by atoms with E-state index < -0.39 is 5.97 Å². The van der Waals surface area contributed by atoms with E-state index in [0.717, 1.165) is 18.8 Å². The SMILES string of the molecule is CC1(C)CN(c2nc3ccccn3c2C(=O)O)CCS1. The average Bonchev–Trinajstić information content (AvgIpc) is 2.76. The number of nitrogens with zero attached hydrogens (tertiary/aromatic N) is 3. The smallest absolute Gasteiger partial charge is 0.356 e. The van der Waals surface area contributed by atoms with E-state index in [4.69, 9.17) is 0 Å². The third-order valence-electron chi connectivity index (χ3n) is 3.44. The first-order valence-electron chi connectivity index (χ1n) is 6.57. The number of aromatic nitrogens is 2. The highest BCUT2D eigenvalue weighted by Gasteiger charge is 2.31. The minimum absolute atomic E-state index is 0.115. The summed E-state index contributed by atoms with van der Waals surface area (Å²) in [4.78, 5) is 18.2. The molecule has 0 bridgehead atoms. The molecule has 6 heteroatoms. The zero-order valence-electron chi connectivity index (χ0n) is 11.5. The van der Waals surface area contributed by atoms with E-state index in [1.807, 2.05) is 30.0 Å². The second-order valence-electron chi connectivity index (χ2n) is 5.55. The highest BCUT2D eigenvalue weighted by atomic mass is 32.2. The van der Waals surface area contributed by atoms with Crippen molar-refractivity contribution in [3.8, 4) is 0 Å². The van der Waals surface area contributed by atoms with Gasteiger partial charge in [0.05, 0.1) is 0 Å². The Balaban J connectivity index is 2.11. The van der Waals surface area contributed by atoms with E-state index in [1.54, 1.807) is 10.6 Å². The Morgan fingerprint density at radius 2 is 2.25 bits per heavy atom. The van der Waals surface area contributed by atoms with Gasteiger partial charge in [-0.05, 0) is 26.0 Å². The Hall–Kier alpha value is -1.69. The lowest BCUT2D eigenvalue weighted by Crippen LogP contribution is -2.43. The number of carbonyl (C=O) groups is 1. The predicted octanol–water partition coefficient (Wildman–Crippen LogP) is 2.36. The van der Waals surface area contributed by atoms with Crippen LogP contribution in [-0.4, -0.2) is 44.0 Å². The first-order chi connectivity index (χ1) is 9.48. The van der Waals surface area contributed by atoms with Crippen molar-refractivity contribution in [2.24, 2.45) is 0 Å². The lowest BCUT2D eigenvalue weighted by molar-refractivity contribution is 0.0690. The van der Waals surface area contributed by atoms with Crippen molar-refractivity contribution in [2.45, 2.75) is 18.6 Å². The second-order valence-corrected chi connectivity index (χ2v) is 7.35. The van der Waals surface area contributed by atoms with Crippen LogP contribution in [0.1, 0.15) is 24.3 Å². The topological polar surface area (TPSA) is 57.8 Å². The highest BCUT2D eigenvalue weighted by Crippen LogP contribution is 2.33. The number of fused-ring (bicyclic) bond motifs is 1. The molecule has 3 heterocycles. The van der Waals surface area contributed by atoms with Gasteiger partial charge in [0.2, 0.25) is 0 Å². The minimum Gasteiger partial charge on any atom is -0.476 e. The first kappa shape index (κ1) is 13.3. The van der Waals surface area contributed by atoms with Gasteiger partial charge in [0.25, 0.3) is 0 Å². The van der Waals surface area contributed by atoms with Gasteiger partial charge in [-0.1, -0.05) is 6.07 Å². The number of aromatic carboxylic acids is 1. The molecule has 106 valence electrons. The molecule has 0 spiro atoms. The fraction of sp³-hybridized carbons (Fsp3) is 0.429. The van der Waals surface area contributed by atoms with E-state index >= 15 is 0 Å². The molecule has 0 saturated carbocycles. The van der Waals surface area contributed by atoms with Crippen LogP contribution in [0.4, 0.5) is 5.82 Å². The standard InChI is InChI=1S/C14H17N3O2S/c1-14(2)9-16(7-8-20-14)12-11(13(18)19)17-6-4-3-5-10(17)15-12/h3-6H,7-9H2,1-2H3,(H,18,19). The molecule has 1 saturated heterocycles. The van der Waals surface area contributed by atoms with Crippen LogP contribution in [0.15, 0.2) is 24.4 Å². The molecule has 1 aliphatic heterocycles. The summed E-state index contributed by atoms with van der Waals surface area (Å²) in [7, 11) is 0. The van der Waals surface area contributed by atoms with E-state index in [2.05, 4.69) is 23.7 Å². The van der Waals surface area contributed by atoms with Crippen molar-refractivity contribution in [3.63, 3.8) is 0 Å². The monoisotopic (exact) mass is 291 g/mol. The Labute approximate surface area is 121 Å². The van der Waals surface area contributed by atoms with Crippen molar-refractivity contribution in [1.82, 2.24) is 9.38 Å². The summed E-state index contributed by atoms with van der Waals surface area (Å²) >= 11 is 1.92. The Bertz CT molecular complexity index is 665. The van der Waals surface area contributed by atoms with Crippen LogP contribution in [0.2, 0.25) is 0 Å². The molecule has 0 atom stereocenters. The van der Waals surface area contributed by atoms with Gasteiger partial charge < -0.3 is 10.0 Å². The zero-order chi connectivity index (χ0) is 14.3. The fourth-order valence-electron chi connectivity index (χ4n) is 2.60. The number of imidazole rings is 1. The van der Waals surface area contributed by atoms with Crippen molar-refractivity contribution >= 4 is 29.2 Å². The molecule has 5 nitrogen and oxygen atoms in total.